The van der Waals surface area contributed by atoms with Crippen LogP contribution in [0.3, 0.4) is 0 Å². The van der Waals surface area contributed by atoms with E-state index in [1.807, 2.05) is 10.9 Å². The summed E-state index contributed by atoms with van der Waals surface area (Å²) < 4.78 is 1.96. The van der Waals surface area contributed by atoms with E-state index in [-0.39, 0.29) is 0 Å². The van der Waals surface area contributed by atoms with Gasteiger partial charge in [-0.2, -0.15) is 5.10 Å². The van der Waals surface area contributed by atoms with Crippen molar-refractivity contribution in [2.75, 3.05) is 6.54 Å². The first-order valence-corrected chi connectivity index (χ1v) is 5.68. The predicted molar refractivity (Wildman–Crippen MR) is 63.8 cm³/mol. The zero-order valence-electron chi connectivity index (χ0n) is 10.5. The Bertz CT molecular complexity index is 296. The number of hydrogen-bond acceptors (Lipinski definition) is 2. The summed E-state index contributed by atoms with van der Waals surface area (Å²) in [6, 6.07) is 0.379. The van der Waals surface area contributed by atoms with E-state index in [2.05, 4.69) is 51.2 Å². The summed E-state index contributed by atoms with van der Waals surface area (Å²) in [6.07, 6.45) is 4.06. The summed E-state index contributed by atoms with van der Waals surface area (Å²) in [7, 11) is 0. The number of rotatable bonds is 4. The van der Waals surface area contributed by atoms with Crippen LogP contribution in [0.5, 0.6) is 0 Å². The van der Waals surface area contributed by atoms with Gasteiger partial charge < -0.3 is 5.32 Å². The third-order valence-corrected chi connectivity index (χ3v) is 2.42. The summed E-state index contributed by atoms with van der Waals surface area (Å²) in [6.45, 7) is 13.0. The highest BCUT2D eigenvalue weighted by atomic mass is 15.3. The average molecular weight is 209 g/mol. The number of nitrogens with zero attached hydrogens (tertiary/aromatic N) is 2. The second kappa shape index (κ2) is 4.79. The first kappa shape index (κ1) is 12.2. The Hall–Kier alpha value is -0.830. The Balaban J connectivity index is 2.50. The first-order chi connectivity index (χ1) is 6.92. The normalized spacial score (nSPS) is 14.2. The second-order valence-corrected chi connectivity index (χ2v) is 5.29. The molecule has 1 atom stereocenters. The molecular formula is C12H23N3. The van der Waals surface area contributed by atoms with Gasteiger partial charge in [-0.3, -0.25) is 4.68 Å². The summed E-state index contributed by atoms with van der Waals surface area (Å²) >= 11 is 0. The maximum absolute atomic E-state index is 4.28. The highest BCUT2D eigenvalue weighted by molar-refractivity contribution is 5.09. The van der Waals surface area contributed by atoms with E-state index in [1.54, 1.807) is 0 Å². The van der Waals surface area contributed by atoms with Crippen LogP contribution in [0.4, 0.5) is 0 Å². The molecule has 0 bridgehead atoms. The van der Waals surface area contributed by atoms with E-state index in [0.29, 0.717) is 11.5 Å². The molecule has 0 saturated carbocycles. The lowest BCUT2D eigenvalue weighted by molar-refractivity contribution is 0.359. The molecule has 1 unspecified atom stereocenters. The minimum atomic E-state index is 0.328. The first-order valence-electron chi connectivity index (χ1n) is 5.68. The van der Waals surface area contributed by atoms with Crippen molar-refractivity contribution in [3.05, 3.63) is 18.0 Å². The molecule has 15 heavy (non-hydrogen) atoms. The van der Waals surface area contributed by atoms with Crippen LogP contribution in [-0.4, -0.2) is 16.3 Å². The van der Waals surface area contributed by atoms with E-state index in [0.717, 1.165) is 13.1 Å². The number of aryl methyl sites for hydroxylation is 1. The molecule has 86 valence electrons. The lowest BCUT2D eigenvalue weighted by Gasteiger charge is -2.22. The topological polar surface area (TPSA) is 29.9 Å². The van der Waals surface area contributed by atoms with Crippen molar-refractivity contribution in [1.29, 1.82) is 0 Å². The molecule has 0 aliphatic rings. The maximum Gasteiger partial charge on any atom is 0.0537 e. The van der Waals surface area contributed by atoms with Crippen LogP contribution in [-0.2, 0) is 6.54 Å². The number of aromatic nitrogens is 2. The average Bonchev–Trinajstić information content (AvgIpc) is 2.61. The van der Waals surface area contributed by atoms with Gasteiger partial charge in [0.25, 0.3) is 0 Å². The minimum absolute atomic E-state index is 0.328. The van der Waals surface area contributed by atoms with Gasteiger partial charge in [-0.05, 0) is 19.3 Å². The third-order valence-electron chi connectivity index (χ3n) is 2.42. The number of nitrogens with one attached hydrogen (secondary N) is 1. The highest BCUT2D eigenvalue weighted by Gasteiger charge is 2.13. The largest absolute Gasteiger partial charge is 0.310 e. The Labute approximate surface area is 92.9 Å². The molecule has 3 nitrogen and oxygen atoms in total. The molecule has 0 spiro atoms. The van der Waals surface area contributed by atoms with Gasteiger partial charge in [-0.1, -0.05) is 20.8 Å². The molecule has 0 aromatic carbocycles. The smallest absolute Gasteiger partial charge is 0.0537 e. The number of hydrogen-bond donors (Lipinski definition) is 1. The summed E-state index contributed by atoms with van der Waals surface area (Å²) in [4.78, 5) is 0. The highest BCUT2D eigenvalue weighted by Crippen LogP contribution is 2.15. The van der Waals surface area contributed by atoms with Crippen LogP contribution in [0.25, 0.3) is 0 Å². The van der Waals surface area contributed by atoms with E-state index >= 15 is 0 Å². The molecule has 1 heterocycles. The van der Waals surface area contributed by atoms with E-state index in [4.69, 9.17) is 0 Å². The summed E-state index contributed by atoms with van der Waals surface area (Å²) in [5, 5.41) is 7.80. The Morgan fingerprint density at radius 1 is 1.47 bits per heavy atom. The minimum Gasteiger partial charge on any atom is -0.310 e. The fourth-order valence-electron chi connectivity index (χ4n) is 1.35. The third kappa shape index (κ3) is 4.04. The summed E-state index contributed by atoms with van der Waals surface area (Å²) in [5.41, 5.74) is 1.59. The maximum atomic E-state index is 4.28. The van der Waals surface area contributed by atoms with Crippen molar-refractivity contribution < 1.29 is 0 Å². The van der Waals surface area contributed by atoms with Crippen LogP contribution >= 0.6 is 0 Å². The van der Waals surface area contributed by atoms with E-state index < -0.39 is 0 Å². The zero-order chi connectivity index (χ0) is 11.5. The molecule has 0 aliphatic heterocycles. The molecular weight excluding hydrogens is 186 g/mol. The zero-order valence-corrected chi connectivity index (χ0v) is 10.5. The van der Waals surface area contributed by atoms with E-state index in [9.17, 15) is 0 Å². The van der Waals surface area contributed by atoms with Gasteiger partial charge in [0, 0.05) is 30.9 Å². The molecule has 0 radical (unpaired) electrons. The van der Waals surface area contributed by atoms with Gasteiger partial charge in [-0.25, -0.2) is 0 Å². The van der Waals surface area contributed by atoms with Crippen molar-refractivity contribution in [3.8, 4) is 0 Å². The van der Waals surface area contributed by atoms with Crippen molar-refractivity contribution in [3.63, 3.8) is 0 Å². The molecule has 1 N–H and O–H groups in total. The fourth-order valence-corrected chi connectivity index (χ4v) is 1.35. The lowest BCUT2D eigenvalue weighted by atomic mass is 9.96. The van der Waals surface area contributed by atoms with Crippen molar-refractivity contribution in [2.24, 2.45) is 5.41 Å². The molecule has 3 heteroatoms. The fraction of sp³-hybridized carbons (Fsp3) is 0.750. The van der Waals surface area contributed by atoms with Crippen LogP contribution in [0.15, 0.2) is 12.4 Å². The van der Waals surface area contributed by atoms with Crippen LogP contribution in [0.2, 0.25) is 0 Å². The Morgan fingerprint density at radius 2 is 2.13 bits per heavy atom. The van der Waals surface area contributed by atoms with Gasteiger partial charge in [0.15, 0.2) is 0 Å². The van der Waals surface area contributed by atoms with Crippen molar-refractivity contribution in [2.45, 2.75) is 47.2 Å². The van der Waals surface area contributed by atoms with Gasteiger partial charge in [0.2, 0.25) is 0 Å². The molecule has 0 aliphatic carbocycles. The SMILES string of the molecule is CCn1cc(C(C)NCC(C)(C)C)cn1. The van der Waals surface area contributed by atoms with Gasteiger partial charge in [0.05, 0.1) is 6.20 Å². The predicted octanol–water partition coefficient (Wildman–Crippen LogP) is 2.60. The van der Waals surface area contributed by atoms with Crippen LogP contribution in [0, 0.1) is 5.41 Å². The summed E-state index contributed by atoms with van der Waals surface area (Å²) in [5.74, 6) is 0. The van der Waals surface area contributed by atoms with Gasteiger partial charge >= 0.3 is 0 Å². The van der Waals surface area contributed by atoms with Crippen LogP contribution < -0.4 is 5.32 Å². The molecule has 0 saturated heterocycles. The lowest BCUT2D eigenvalue weighted by Crippen LogP contribution is -2.29. The van der Waals surface area contributed by atoms with Crippen LogP contribution in [0.1, 0.15) is 46.2 Å². The second-order valence-electron chi connectivity index (χ2n) is 5.29. The molecule has 1 rings (SSSR count). The quantitative estimate of drug-likeness (QED) is 0.826. The molecule has 0 fully saturated rings. The standard InChI is InChI=1S/C12H23N3/c1-6-15-8-11(7-14-15)10(2)13-9-12(3,4)5/h7-8,10,13H,6,9H2,1-5H3. The molecule has 0 amide bonds. The Morgan fingerprint density at radius 3 is 2.60 bits per heavy atom. The molecule has 1 aromatic rings. The van der Waals surface area contributed by atoms with Gasteiger partial charge in [0.1, 0.15) is 0 Å². The van der Waals surface area contributed by atoms with Gasteiger partial charge in [-0.15, -0.1) is 0 Å². The monoisotopic (exact) mass is 209 g/mol. The van der Waals surface area contributed by atoms with Crippen molar-refractivity contribution >= 4 is 0 Å². The Kier molecular flexibility index (Phi) is 3.91. The van der Waals surface area contributed by atoms with Crippen molar-refractivity contribution in [1.82, 2.24) is 15.1 Å². The van der Waals surface area contributed by atoms with E-state index in [1.165, 1.54) is 5.56 Å². The molecule has 1 aromatic heterocycles.